The average Bonchev–Trinajstić information content (AvgIpc) is 3.80. The number of primary amides is 1. The maximum Gasteiger partial charge on any atom is 0.312 e. The van der Waals surface area contributed by atoms with Crippen LogP contribution in [0.1, 0.15) is 72.3 Å². The SMILES string of the molecule is COCCOCCOCCOCCOCCOCOCCCOCCOCCOCCOCCN(CCC(=O)C[C@H](C(=O)N[C@@H](CCCNC(N)=O)C(=O)Nc1ccc(COC(=O)C(C)(C)C)cc1)C(C)C)C(=O)CN1C(=O)C=CC1=O. The maximum atomic E-state index is 13.9. The first-order valence-corrected chi connectivity index (χ1v) is 27.9. The first-order valence-electron chi connectivity index (χ1n) is 27.9. The average molecular weight is 1170 g/mol. The van der Waals surface area contributed by atoms with Crippen molar-refractivity contribution in [2.75, 3.05) is 171 Å². The number of benzene rings is 1. The summed E-state index contributed by atoms with van der Waals surface area (Å²) in [5.74, 6) is -4.85. The number of methoxy groups -OCH3 is 1. The van der Waals surface area contributed by atoms with Crippen LogP contribution in [0.25, 0.3) is 0 Å². The molecule has 1 heterocycles. The van der Waals surface area contributed by atoms with E-state index in [0.29, 0.717) is 123 Å². The van der Waals surface area contributed by atoms with Gasteiger partial charge in [-0.15, -0.1) is 0 Å². The van der Waals surface area contributed by atoms with Crippen molar-refractivity contribution >= 4 is 53.0 Å². The molecule has 26 nitrogen and oxygen atoms in total. The fourth-order valence-corrected chi connectivity index (χ4v) is 7.16. The zero-order valence-electron chi connectivity index (χ0n) is 49.0. The summed E-state index contributed by atoms with van der Waals surface area (Å²) in [5.41, 5.74) is 5.66. The third-order valence-electron chi connectivity index (χ3n) is 11.9. The number of nitrogens with one attached hydrogen (secondary N) is 3. The molecule has 0 radical (unpaired) electrons. The van der Waals surface area contributed by atoms with E-state index in [9.17, 15) is 38.4 Å². The second-order valence-electron chi connectivity index (χ2n) is 20.0. The molecular formula is C56H92N6O20. The van der Waals surface area contributed by atoms with Gasteiger partial charge in [-0.1, -0.05) is 26.0 Å². The van der Waals surface area contributed by atoms with Gasteiger partial charge in [-0.25, -0.2) is 4.79 Å². The number of anilines is 1. The maximum absolute atomic E-state index is 13.9. The Morgan fingerprint density at radius 1 is 0.622 bits per heavy atom. The third-order valence-corrected chi connectivity index (χ3v) is 11.9. The Kier molecular flexibility index (Phi) is 39.8. The summed E-state index contributed by atoms with van der Waals surface area (Å²) in [6.45, 7) is 16.3. The van der Waals surface area contributed by atoms with Crippen LogP contribution in [0.3, 0.4) is 0 Å². The summed E-state index contributed by atoms with van der Waals surface area (Å²) in [6.07, 6.45) is 2.87. The predicted molar refractivity (Wildman–Crippen MR) is 298 cm³/mol. The summed E-state index contributed by atoms with van der Waals surface area (Å²) < 4.78 is 65.2. The van der Waals surface area contributed by atoms with Crippen molar-refractivity contribution in [3.05, 3.63) is 42.0 Å². The van der Waals surface area contributed by atoms with E-state index in [4.69, 9.17) is 62.6 Å². The molecule has 1 aromatic rings. The number of esters is 1. The van der Waals surface area contributed by atoms with Crippen molar-refractivity contribution in [2.24, 2.45) is 23.0 Å². The minimum absolute atomic E-state index is 0.0281. The van der Waals surface area contributed by atoms with Gasteiger partial charge in [0.2, 0.25) is 17.7 Å². The summed E-state index contributed by atoms with van der Waals surface area (Å²) in [4.78, 5) is 105. The molecule has 0 spiro atoms. The lowest BCUT2D eigenvalue weighted by molar-refractivity contribution is -0.154. The highest BCUT2D eigenvalue weighted by Crippen LogP contribution is 2.20. The molecule has 0 bridgehead atoms. The largest absolute Gasteiger partial charge is 0.460 e. The normalized spacial score (nSPS) is 13.1. The fraction of sp³-hybridized carbons (Fsp3) is 0.714. The van der Waals surface area contributed by atoms with Gasteiger partial charge in [0.25, 0.3) is 11.8 Å². The van der Waals surface area contributed by atoms with Crippen LogP contribution in [0.2, 0.25) is 0 Å². The van der Waals surface area contributed by atoms with Crippen LogP contribution < -0.4 is 21.7 Å². The quantitative estimate of drug-likeness (QED) is 0.0314. The molecule has 1 aliphatic heterocycles. The van der Waals surface area contributed by atoms with Gasteiger partial charge in [-0.2, -0.15) is 0 Å². The smallest absolute Gasteiger partial charge is 0.312 e. The molecule has 1 aliphatic rings. The number of nitrogens with two attached hydrogens (primary N) is 1. The molecule has 1 aromatic carbocycles. The van der Waals surface area contributed by atoms with Crippen molar-refractivity contribution in [1.82, 2.24) is 20.4 Å². The van der Waals surface area contributed by atoms with E-state index >= 15 is 0 Å². The van der Waals surface area contributed by atoms with Crippen molar-refractivity contribution in [2.45, 2.75) is 79.4 Å². The summed E-state index contributed by atoms with van der Waals surface area (Å²) in [6, 6.07) is 4.84. The van der Waals surface area contributed by atoms with Crippen molar-refractivity contribution in [1.29, 1.82) is 0 Å². The van der Waals surface area contributed by atoms with Crippen LogP contribution >= 0.6 is 0 Å². The van der Waals surface area contributed by atoms with Crippen LogP contribution in [0, 0.1) is 17.3 Å². The molecule has 0 fully saturated rings. The topological polar surface area (TPSA) is 316 Å². The molecule has 2 atom stereocenters. The monoisotopic (exact) mass is 1170 g/mol. The van der Waals surface area contributed by atoms with E-state index in [-0.39, 0.29) is 96.2 Å². The number of Topliss-reactive ketones (excluding diaryl/α,β-unsaturated/α-hetero) is 1. The van der Waals surface area contributed by atoms with Crippen LogP contribution in [-0.4, -0.2) is 229 Å². The number of ketones is 1. The lowest BCUT2D eigenvalue weighted by Crippen LogP contribution is -2.48. The van der Waals surface area contributed by atoms with E-state index in [2.05, 4.69) is 16.0 Å². The highest BCUT2D eigenvalue weighted by molar-refractivity contribution is 6.14. The van der Waals surface area contributed by atoms with E-state index in [1.807, 2.05) is 0 Å². The molecule has 5 N–H and O–H groups in total. The molecule has 2 rings (SSSR count). The predicted octanol–water partition coefficient (Wildman–Crippen LogP) is 2.18. The zero-order chi connectivity index (χ0) is 60.2. The van der Waals surface area contributed by atoms with E-state index in [1.165, 1.54) is 4.90 Å². The second kappa shape index (κ2) is 45.0. The number of amides is 7. The van der Waals surface area contributed by atoms with E-state index in [0.717, 1.165) is 17.1 Å². The van der Waals surface area contributed by atoms with Gasteiger partial charge in [0.1, 0.15) is 31.8 Å². The van der Waals surface area contributed by atoms with Gasteiger partial charge in [-0.05, 0) is 63.6 Å². The number of ether oxygens (including phenoxy) is 12. The van der Waals surface area contributed by atoms with Crippen molar-refractivity contribution < 1.29 is 95.2 Å². The number of imide groups is 1. The molecule has 0 aromatic heterocycles. The van der Waals surface area contributed by atoms with Gasteiger partial charge >= 0.3 is 12.0 Å². The summed E-state index contributed by atoms with van der Waals surface area (Å²) in [5, 5.41) is 8.05. The van der Waals surface area contributed by atoms with Gasteiger partial charge in [0.05, 0.1) is 124 Å². The van der Waals surface area contributed by atoms with Gasteiger partial charge in [0, 0.05) is 69.9 Å². The molecule has 82 heavy (non-hydrogen) atoms. The number of nitrogens with zero attached hydrogens (tertiary/aromatic N) is 2. The Bertz CT molecular complexity index is 2000. The van der Waals surface area contributed by atoms with E-state index < -0.39 is 59.5 Å². The van der Waals surface area contributed by atoms with Gasteiger partial charge in [-0.3, -0.25) is 38.5 Å². The Morgan fingerprint density at radius 2 is 1.11 bits per heavy atom. The number of carbonyl (C=O) groups excluding carboxylic acids is 8. The second-order valence-corrected chi connectivity index (χ2v) is 20.0. The van der Waals surface area contributed by atoms with Crippen LogP contribution in [-0.2, 0) is 97.0 Å². The highest BCUT2D eigenvalue weighted by atomic mass is 16.7. The van der Waals surface area contributed by atoms with E-state index in [1.54, 1.807) is 66.0 Å². The molecule has 0 saturated heterocycles. The molecular weight excluding hydrogens is 1080 g/mol. The number of hydrogen-bond donors (Lipinski definition) is 4. The molecule has 466 valence electrons. The molecule has 7 amide bonds. The lowest BCUT2D eigenvalue weighted by Gasteiger charge is -2.26. The zero-order valence-corrected chi connectivity index (χ0v) is 49.0. The van der Waals surface area contributed by atoms with Crippen molar-refractivity contribution in [3.63, 3.8) is 0 Å². The van der Waals surface area contributed by atoms with Crippen LogP contribution in [0.15, 0.2) is 36.4 Å². The standard InChI is InChI=1S/C56H92N6O20/c1-43(2)47(52(67)60-48(9-7-17-58-55(57)70)53(68)59-45-12-10-44(11-13-45)41-82-54(69)56(3,4)5)39-46(63)16-18-61(51(66)40-62-49(64)14-15-50(62)65)19-22-73-26-28-76-32-31-75-27-25-72-20-8-21-80-42-81-38-37-79-36-35-78-34-33-77-30-29-74-24-23-71-6/h10-15,43,47-48H,7-9,16-42H2,1-6H3,(H,59,68)(H,60,67)(H3,57,58,70)/t47-,48-/m0/s1. The van der Waals surface area contributed by atoms with Crippen molar-refractivity contribution in [3.8, 4) is 0 Å². The van der Waals surface area contributed by atoms with Crippen LogP contribution in [0.5, 0.6) is 0 Å². The summed E-state index contributed by atoms with van der Waals surface area (Å²) in [7, 11) is 1.63. The minimum atomic E-state index is -1.07. The highest BCUT2D eigenvalue weighted by Gasteiger charge is 2.31. The Balaban J connectivity index is 1.69. The first kappa shape index (κ1) is 72.6. The number of carbonyl (C=O) groups is 8. The number of hydrogen-bond acceptors (Lipinski definition) is 20. The Morgan fingerprint density at radius 3 is 1.62 bits per heavy atom. The molecule has 0 saturated carbocycles. The lowest BCUT2D eigenvalue weighted by atomic mass is 9.88. The fourth-order valence-electron chi connectivity index (χ4n) is 7.16. The van der Waals surface area contributed by atoms with Crippen LogP contribution in [0.4, 0.5) is 10.5 Å². The van der Waals surface area contributed by atoms with Gasteiger partial charge in [0.15, 0.2) is 0 Å². The number of rotatable bonds is 51. The third kappa shape index (κ3) is 35.5. The first-order chi connectivity index (χ1) is 39.4. The Labute approximate surface area is 482 Å². The Hall–Kier alpha value is -5.52. The molecule has 26 heteroatoms. The van der Waals surface area contributed by atoms with Gasteiger partial charge < -0.3 is 83.4 Å². The number of urea groups is 1. The molecule has 0 aliphatic carbocycles. The molecule has 0 unspecified atom stereocenters. The summed E-state index contributed by atoms with van der Waals surface area (Å²) >= 11 is 0. The minimum Gasteiger partial charge on any atom is -0.460 e.